The molecule has 0 aliphatic carbocycles. The van der Waals surface area contributed by atoms with Crippen molar-refractivity contribution in [3.05, 3.63) is 69.0 Å². The lowest BCUT2D eigenvalue weighted by Gasteiger charge is -2.28. The highest BCUT2D eigenvalue weighted by molar-refractivity contribution is 6.06. The second kappa shape index (κ2) is 6.05. The van der Waals surface area contributed by atoms with Gasteiger partial charge in [0, 0.05) is 30.7 Å². The minimum atomic E-state index is -0.0649. The van der Waals surface area contributed by atoms with Gasteiger partial charge in [-0.25, -0.2) is 4.98 Å². The number of hydrogen-bond acceptors (Lipinski definition) is 4. The normalized spacial score (nSPS) is 13.7. The third-order valence-electron chi connectivity index (χ3n) is 5.01. The maximum atomic E-state index is 13.2. The molecular weight excluding hydrogens is 328 g/mol. The number of amides is 1. The summed E-state index contributed by atoms with van der Waals surface area (Å²) in [5.74, 6) is -0.0649. The molecule has 1 amide bonds. The van der Waals surface area contributed by atoms with Crippen LogP contribution in [0.3, 0.4) is 0 Å². The van der Waals surface area contributed by atoms with E-state index in [9.17, 15) is 9.59 Å². The molecule has 0 saturated heterocycles. The van der Waals surface area contributed by atoms with Gasteiger partial charge in [-0.1, -0.05) is 0 Å². The van der Waals surface area contributed by atoms with E-state index >= 15 is 0 Å². The largest absolute Gasteiger partial charge is 0.332 e. The molecule has 0 atom stereocenters. The molecular formula is C20H20N4O2. The Morgan fingerprint density at radius 2 is 2.00 bits per heavy atom. The van der Waals surface area contributed by atoms with Crippen molar-refractivity contribution in [1.82, 2.24) is 19.4 Å². The summed E-state index contributed by atoms with van der Waals surface area (Å²) in [4.78, 5) is 36.0. The first-order chi connectivity index (χ1) is 12.5. The molecule has 1 aromatic carbocycles. The van der Waals surface area contributed by atoms with Crippen LogP contribution in [0.25, 0.3) is 10.9 Å². The number of aromatic nitrogens is 3. The van der Waals surface area contributed by atoms with Gasteiger partial charge in [-0.05, 0) is 49.6 Å². The fraction of sp³-hybridized carbons (Fsp3) is 0.300. The third-order valence-corrected chi connectivity index (χ3v) is 5.01. The maximum absolute atomic E-state index is 13.2. The summed E-state index contributed by atoms with van der Waals surface area (Å²) < 4.78 is 1.48. The summed E-state index contributed by atoms with van der Waals surface area (Å²) in [6, 6.07) is 5.90. The van der Waals surface area contributed by atoms with E-state index in [1.807, 2.05) is 26.0 Å². The predicted molar refractivity (Wildman–Crippen MR) is 99.1 cm³/mol. The second-order valence-corrected chi connectivity index (χ2v) is 6.90. The molecule has 6 nitrogen and oxygen atoms in total. The summed E-state index contributed by atoms with van der Waals surface area (Å²) in [6.45, 7) is 4.87. The van der Waals surface area contributed by atoms with Crippen molar-refractivity contribution in [3.63, 3.8) is 0 Å². The number of fused-ring (bicyclic) bond motifs is 2. The Labute approximate surface area is 151 Å². The summed E-state index contributed by atoms with van der Waals surface area (Å²) >= 11 is 0. The van der Waals surface area contributed by atoms with E-state index in [0.29, 0.717) is 36.3 Å². The number of carbonyl (C=O) groups excluding carboxylic acids is 1. The molecule has 0 N–H and O–H groups in total. The summed E-state index contributed by atoms with van der Waals surface area (Å²) in [6.07, 6.45) is 3.78. The van der Waals surface area contributed by atoms with Crippen LogP contribution in [0.5, 0.6) is 0 Å². The fourth-order valence-corrected chi connectivity index (χ4v) is 3.56. The van der Waals surface area contributed by atoms with Gasteiger partial charge in [0.15, 0.2) is 0 Å². The van der Waals surface area contributed by atoms with Gasteiger partial charge >= 0.3 is 0 Å². The van der Waals surface area contributed by atoms with Crippen molar-refractivity contribution in [2.24, 2.45) is 7.05 Å². The average molecular weight is 348 g/mol. The molecule has 0 saturated carbocycles. The monoisotopic (exact) mass is 348 g/mol. The number of rotatable bonds is 1. The number of pyridine rings is 1. The van der Waals surface area contributed by atoms with Crippen molar-refractivity contribution in [2.75, 3.05) is 6.54 Å². The van der Waals surface area contributed by atoms with E-state index in [1.54, 1.807) is 18.1 Å². The summed E-state index contributed by atoms with van der Waals surface area (Å²) in [5.41, 5.74) is 4.83. The smallest absolute Gasteiger partial charge is 0.256 e. The van der Waals surface area contributed by atoms with Gasteiger partial charge in [0.2, 0.25) is 0 Å². The van der Waals surface area contributed by atoms with Gasteiger partial charge in [0.05, 0.1) is 29.6 Å². The van der Waals surface area contributed by atoms with Gasteiger partial charge in [-0.2, -0.15) is 0 Å². The topological polar surface area (TPSA) is 68.1 Å². The summed E-state index contributed by atoms with van der Waals surface area (Å²) in [7, 11) is 1.69. The van der Waals surface area contributed by atoms with Gasteiger partial charge in [-0.3, -0.25) is 14.6 Å². The Balaban J connectivity index is 1.75. The molecule has 6 heteroatoms. The van der Waals surface area contributed by atoms with E-state index in [-0.39, 0.29) is 11.5 Å². The van der Waals surface area contributed by atoms with E-state index in [4.69, 9.17) is 0 Å². The molecule has 3 aromatic rings. The molecule has 0 radical (unpaired) electrons. The molecule has 0 bridgehead atoms. The maximum Gasteiger partial charge on any atom is 0.256 e. The van der Waals surface area contributed by atoms with Crippen molar-refractivity contribution in [2.45, 2.75) is 26.8 Å². The fourth-order valence-electron chi connectivity index (χ4n) is 3.56. The zero-order valence-corrected chi connectivity index (χ0v) is 15.1. The number of nitrogens with zero attached hydrogens (tertiary/aromatic N) is 4. The van der Waals surface area contributed by atoms with Crippen LogP contribution in [0.2, 0.25) is 0 Å². The van der Waals surface area contributed by atoms with Crippen LogP contribution in [-0.4, -0.2) is 31.9 Å². The Hall–Kier alpha value is -3.02. The highest BCUT2D eigenvalue weighted by Crippen LogP contribution is 2.25. The first-order valence-corrected chi connectivity index (χ1v) is 8.64. The molecule has 2 aromatic heterocycles. The number of hydrogen-bond donors (Lipinski definition) is 0. The van der Waals surface area contributed by atoms with Crippen LogP contribution in [0, 0.1) is 13.8 Å². The van der Waals surface area contributed by atoms with Gasteiger partial charge in [-0.15, -0.1) is 0 Å². The lowest BCUT2D eigenvalue weighted by atomic mass is 10.0. The van der Waals surface area contributed by atoms with E-state index < -0.39 is 0 Å². The zero-order chi connectivity index (χ0) is 18.4. The number of carbonyl (C=O) groups is 1. The highest BCUT2D eigenvalue weighted by atomic mass is 16.2. The van der Waals surface area contributed by atoms with Crippen LogP contribution in [0.15, 0.2) is 35.5 Å². The first kappa shape index (κ1) is 16.4. The third kappa shape index (κ3) is 2.58. The van der Waals surface area contributed by atoms with E-state index in [1.165, 1.54) is 10.9 Å². The zero-order valence-electron chi connectivity index (χ0n) is 15.1. The van der Waals surface area contributed by atoms with Crippen LogP contribution in [0.1, 0.15) is 32.7 Å². The number of aryl methyl sites for hydroxylation is 3. The van der Waals surface area contributed by atoms with Crippen molar-refractivity contribution in [3.8, 4) is 0 Å². The highest BCUT2D eigenvalue weighted by Gasteiger charge is 2.26. The first-order valence-electron chi connectivity index (χ1n) is 8.64. The molecule has 26 heavy (non-hydrogen) atoms. The van der Waals surface area contributed by atoms with E-state index in [2.05, 4.69) is 16.0 Å². The lowest BCUT2D eigenvalue weighted by molar-refractivity contribution is 0.0732. The van der Waals surface area contributed by atoms with Crippen LogP contribution >= 0.6 is 0 Å². The van der Waals surface area contributed by atoms with E-state index in [0.717, 1.165) is 22.0 Å². The molecule has 1 aliphatic rings. The molecule has 0 fully saturated rings. The van der Waals surface area contributed by atoms with Crippen molar-refractivity contribution in [1.29, 1.82) is 0 Å². The van der Waals surface area contributed by atoms with Gasteiger partial charge in [0.25, 0.3) is 11.5 Å². The Morgan fingerprint density at radius 1 is 1.19 bits per heavy atom. The molecule has 0 unspecified atom stereocenters. The standard InChI is InChI=1S/C20H20N4O2/c1-12-8-15-13(2)4-6-21-18(15)16(9-12)20(26)24-7-5-14-17(10-24)22-11-23(3)19(14)25/h4,6,8-9,11H,5,7,10H2,1-3H3. The van der Waals surface area contributed by atoms with Gasteiger partial charge in [0.1, 0.15) is 0 Å². The van der Waals surface area contributed by atoms with Crippen LogP contribution < -0.4 is 5.56 Å². The Morgan fingerprint density at radius 3 is 2.81 bits per heavy atom. The number of benzene rings is 1. The SMILES string of the molecule is Cc1cc(C(=O)N2CCc3c(ncn(C)c3=O)C2)c2nccc(C)c2c1. The average Bonchev–Trinajstić information content (AvgIpc) is 2.64. The Kier molecular flexibility index (Phi) is 3.83. The summed E-state index contributed by atoms with van der Waals surface area (Å²) in [5, 5.41) is 1.00. The molecule has 3 heterocycles. The molecule has 132 valence electrons. The van der Waals surface area contributed by atoms with Crippen molar-refractivity contribution < 1.29 is 4.79 Å². The molecule has 1 aliphatic heterocycles. The quantitative estimate of drug-likeness (QED) is 0.676. The van der Waals surface area contributed by atoms with Gasteiger partial charge < -0.3 is 9.47 Å². The molecule has 0 spiro atoms. The minimum Gasteiger partial charge on any atom is -0.332 e. The Bertz CT molecular complexity index is 1100. The predicted octanol–water partition coefficient (Wildman–Crippen LogP) is 2.14. The second-order valence-electron chi connectivity index (χ2n) is 6.90. The van der Waals surface area contributed by atoms with Crippen LogP contribution in [0.4, 0.5) is 0 Å². The van der Waals surface area contributed by atoms with Crippen LogP contribution in [-0.2, 0) is 20.0 Å². The lowest BCUT2D eigenvalue weighted by Crippen LogP contribution is -2.40. The van der Waals surface area contributed by atoms with Crippen molar-refractivity contribution >= 4 is 16.8 Å². The minimum absolute atomic E-state index is 0.0274. The molecule has 4 rings (SSSR count).